The highest BCUT2D eigenvalue weighted by Crippen LogP contribution is 2.69. The average Bonchev–Trinajstić information content (AvgIpc) is 3.09. The van der Waals surface area contributed by atoms with Crippen LogP contribution in [0.2, 0.25) is 0 Å². The van der Waals surface area contributed by atoms with Crippen LogP contribution in [0.25, 0.3) is 0 Å². The molecule has 0 aromatic heterocycles. The Labute approximate surface area is 186 Å². The smallest absolute Gasteiger partial charge is 0.132 e. The van der Waals surface area contributed by atoms with Gasteiger partial charge in [0.1, 0.15) is 5.78 Å². The van der Waals surface area contributed by atoms with Crippen molar-refractivity contribution in [3.63, 3.8) is 0 Å². The van der Waals surface area contributed by atoms with Gasteiger partial charge in [-0.2, -0.15) is 0 Å². The molecule has 30 heavy (non-hydrogen) atoms. The molecule has 4 saturated carbocycles. The van der Waals surface area contributed by atoms with E-state index in [2.05, 4.69) is 27.7 Å². The molecular weight excluding hydrogens is 368 g/mol. The maximum Gasteiger partial charge on any atom is 0.132 e. The molecule has 2 heteroatoms. The summed E-state index contributed by atoms with van der Waals surface area (Å²) in [5.74, 6) is 4.98. The van der Waals surface area contributed by atoms with E-state index < -0.39 is 0 Å². The minimum absolute atomic E-state index is 0.0866. The summed E-state index contributed by atoms with van der Waals surface area (Å²) >= 11 is 0. The summed E-state index contributed by atoms with van der Waals surface area (Å²) in [5, 5.41) is 11.8. The standard InChI is InChI=1S/C28H48O2/c1-6-19(29)12-11-18(3)21-13-14-23-25-24(15-17-28(21,23)5)27(4)16-9-8-10-22(27)20(7-2)26(25)30/h18,20-26,30H,6-17H2,1-5H3/t18-,20-,21-,22?,23?,24?,25?,26-,27+,28-/m1/s1. The summed E-state index contributed by atoms with van der Waals surface area (Å²) in [6.45, 7) is 11.9. The van der Waals surface area contributed by atoms with E-state index in [0.29, 0.717) is 46.7 Å². The van der Waals surface area contributed by atoms with Crippen molar-refractivity contribution in [2.75, 3.05) is 0 Å². The maximum absolute atomic E-state index is 11.9. The number of carbonyl (C=O) groups excluding carboxylic acids is 1. The molecule has 4 rings (SSSR count). The fourth-order valence-corrected chi connectivity index (χ4v) is 9.78. The first-order valence-corrected chi connectivity index (χ1v) is 13.5. The van der Waals surface area contributed by atoms with E-state index in [1.165, 1.54) is 51.4 Å². The molecule has 4 aliphatic rings. The zero-order valence-electron chi connectivity index (χ0n) is 20.5. The quantitative estimate of drug-likeness (QED) is 0.504. The van der Waals surface area contributed by atoms with Gasteiger partial charge in [-0.25, -0.2) is 0 Å². The lowest BCUT2D eigenvalue weighted by molar-refractivity contribution is -0.194. The number of ketones is 1. The van der Waals surface area contributed by atoms with Crippen molar-refractivity contribution in [2.45, 2.75) is 118 Å². The van der Waals surface area contributed by atoms with Crippen molar-refractivity contribution in [3.8, 4) is 0 Å². The number of Topliss-reactive ketones (excluding diaryl/α,β-unsaturated/α-hetero) is 1. The highest BCUT2D eigenvalue weighted by atomic mass is 16.3. The monoisotopic (exact) mass is 416 g/mol. The lowest BCUT2D eigenvalue weighted by atomic mass is 9.41. The number of carbonyl (C=O) groups is 1. The lowest BCUT2D eigenvalue weighted by Crippen LogP contribution is -2.61. The second-order valence-corrected chi connectivity index (χ2v) is 12.3. The van der Waals surface area contributed by atoms with Gasteiger partial charge >= 0.3 is 0 Å². The second kappa shape index (κ2) is 8.53. The van der Waals surface area contributed by atoms with Gasteiger partial charge in [0.2, 0.25) is 0 Å². The Bertz CT molecular complexity index is 628. The lowest BCUT2D eigenvalue weighted by Gasteiger charge is -2.64. The Balaban J connectivity index is 1.58. The van der Waals surface area contributed by atoms with Crippen LogP contribution >= 0.6 is 0 Å². The Kier molecular flexibility index (Phi) is 6.48. The number of fused-ring (bicyclic) bond motifs is 5. The molecule has 2 nitrogen and oxygen atoms in total. The molecule has 0 aromatic rings. The van der Waals surface area contributed by atoms with Crippen LogP contribution < -0.4 is 0 Å². The fourth-order valence-electron chi connectivity index (χ4n) is 9.78. The Hall–Kier alpha value is -0.370. The van der Waals surface area contributed by atoms with E-state index in [0.717, 1.165) is 37.0 Å². The average molecular weight is 417 g/mol. The van der Waals surface area contributed by atoms with Crippen molar-refractivity contribution < 1.29 is 9.90 Å². The van der Waals surface area contributed by atoms with Gasteiger partial charge in [0, 0.05) is 12.8 Å². The molecule has 4 aliphatic carbocycles. The number of aliphatic hydroxyl groups excluding tert-OH is 1. The number of rotatable bonds is 6. The van der Waals surface area contributed by atoms with Gasteiger partial charge in [-0.3, -0.25) is 4.79 Å². The third-order valence-electron chi connectivity index (χ3n) is 11.4. The predicted molar refractivity (Wildman–Crippen MR) is 124 cm³/mol. The fraction of sp³-hybridized carbons (Fsp3) is 0.964. The van der Waals surface area contributed by atoms with Gasteiger partial charge in [0.25, 0.3) is 0 Å². The minimum atomic E-state index is -0.0866. The van der Waals surface area contributed by atoms with Gasteiger partial charge in [0.05, 0.1) is 6.10 Å². The summed E-state index contributed by atoms with van der Waals surface area (Å²) in [6, 6.07) is 0. The Morgan fingerprint density at radius 1 is 0.967 bits per heavy atom. The van der Waals surface area contributed by atoms with E-state index in [4.69, 9.17) is 0 Å². The van der Waals surface area contributed by atoms with Crippen LogP contribution in [0, 0.1) is 52.3 Å². The SMILES string of the molecule is CCC(=O)CC[C@@H](C)[C@H]1CCC2C3C(CC[C@@]21C)[C@@]1(C)CCCCC1[C@@H](CC)[C@H]3O. The molecule has 0 amide bonds. The van der Waals surface area contributed by atoms with Crippen LogP contribution in [0.4, 0.5) is 0 Å². The van der Waals surface area contributed by atoms with Crippen LogP contribution in [0.15, 0.2) is 0 Å². The first-order chi connectivity index (χ1) is 14.3. The molecule has 10 atom stereocenters. The molecule has 4 unspecified atom stereocenters. The topological polar surface area (TPSA) is 37.3 Å². The highest BCUT2D eigenvalue weighted by Gasteiger charge is 2.64. The second-order valence-electron chi connectivity index (χ2n) is 12.3. The number of hydrogen-bond donors (Lipinski definition) is 1. The van der Waals surface area contributed by atoms with Crippen molar-refractivity contribution in [3.05, 3.63) is 0 Å². The predicted octanol–water partition coefficient (Wildman–Crippen LogP) is 7.04. The van der Waals surface area contributed by atoms with Crippen molar-refractivity contribution in [2.24, 2.45) is 52.3 Å². The molecular formula is C28H48O2. The number of hydrogen-bond acceptors (Lipinski definition) is 2. The van der Waals surface area contributed by atoms with E-state index in [9.17, 15) is 9.90 Å². The third-order valence-corrected chi connectivity index (χ3v) is 11.4. The summed E-state index contributed by atoms with van der Waals surface area (Å²) in [7, 11) is 0. The molecule has 0 radical (unpaired) electrons. The van der Waals surface area contributed by atoms with E-state index in [1.807, 2.05) is 6.92 Å². The van der Waals surface area contributed by atoms with E-state index >= 15 is 0 Å². The minimum Gasteiger partial charge on any atom is -0.393 e. The van der Waals surface area contributed by atoms with Gasteiger partial charge in [0.15, 0.2) is 0 Å². The van der Waals surface area contributed by atoms with Gasteiger partial charge in [-0.1, -0.05) is 53.9 Å². The zero-order valence-corrected chi connectivity index (χ0v) is 20.5. The van der Waals surface area contributed by atoms with Gasteiger partial charge in [-0.05, 0) is 97.2 Å². The van der Waals surface area contributed by atoms with Crippen molar-refractivity contribution >= 4 is 5.78 Å². The summed E-state index contributed by atoms with van der Waals surface area (Å²) < 4.78 is 0. The first kappa shape index (κ1) is 22.8. The van der Waals surface area contributed by atoms with Crippen LogP contribution in [0.3, 0.4) is 0 Å². The third kappa shape index (κ3) is 3.43. The Morgan fingerprint density at radius 2 is 1.70 bits per heavy atom. The molecule has 0 aromatic carbocycles. The normalized spacial score (nSPS) is 49.1. The molecule has 1 N–H and O–H groups in total. The molecule has 0 aliphatic heterocycles. The summed E-state index contributed by atoms with van der Waals surface area (Å²) in [5.41, 5.74) is 0.828. The van der Waals surface area contributed by atoms with Crippen LogP contribution in [0.1, 0.15) is 112 Å². The van der Waals surface area contributed by atoms with Gasteiger partial charge in [-0.15, -0.1) is 0 Å². The van der Waals surface area contributed by atoms with Crippen LogP contribution in [0.5, 0.6) is 0 Å². The van der Waals surface area contributed by atoms with Crippen LogP contribution in [-0.4, -0.2) is 17.0 Å². The molecule has 0 spiro atoms. The zero-order chi connectivity index (χ0) is 21.7. The maximum atomic E-state index is 11.9. The van der Waals surface area contributed by atoms with Gasteiger partial charge < -0.3 is 5.11 Å². The highest BCUT2D eigenvalue weighted by molar-refractivity contribution is 5.77. The molecule has 0 saturated heterocycles. The summed E-state index contributed by atoms with van der Waals surface area (Å²) in [6.07, 6.45) is 14.4. The largest absolute Gasteiger partial charge is 0.393 e. The molecule has 172 valence electrons. The van der Waals surface area contributed by atoms with E-state index in [-0.39, 0.29) is 6.10 Å². The summed E-state index contributed by atoms with van der Waals surface area (Å²) in [4.78, 5) is 11.9. The van der Waals surface area contributed by atoms with Crippen LogP contribution in [-0.2, 0) is 4.79 Å². The van der Waals surface area contributed by atoms with Crippen molar-refractivity contribution in [1.29, 1.82) is 0 Å². The van der Waals surface area contributed by atoms with Crippen molar-refractivity contribution in [1.82, 2.24) is 0 Å². The molecule has 4 fully saturated rings. The first-order valence-electron chi connectivity index (χ1n) is 13.5. The molecule has 0 bridgehead atoms. The Morgan fingerprint density at radius 3 is 2.40 bits per heavy atom. The number of aliphatic hydroxyl groups is 1. The van der Waals surface area contributed by atoms with E-state index in [1.54, 1.807) is 0 Å². The molecule has 0 heterocycles.